The summed E-state index contributed by atoms with van der Waals surface area (Å²) in [6.07, 6.45) is 6.58. The second-order valence-corrected chi connectivity index (χ2v) is 7.94. The first-order chi connectivity index (χ1) is 12.0. The molecule has 0 bridgehead atoms. The molecule has 0 atom stereocenters. The minimum absolute atomic E-state index is 0.0117. The summed E-state index contributed by atoms with van der Waals surface area (Å²) in [5.41, 5.74) is -0.0896. The van der Waals surface area contributed by atoms with E-state index < -0.39 is 0 Å². The van der Waals surface area contributed by atoms with Crippen molar-refractivity contribution in [2.75, 3.05) is 26.2 Å². The van der Waals surface area contributed by atoms with Gasteiger partial charge in [-0.25, -0.2) is 0 Å². The van der Waals surface area contributed by atoms with Crippen LogP contribution in [0.4, 0.5) is 0 Å². The first-order valence-corrected chi connectivity index (χ1v) is 9.26. The molecule has 1 saturated carbocycles. The van der Waals surface area contributed by atoms with Gasteiger partial charge in [-0.3, -0.25) is 14.4 Å². The Morgan fingerprint density at radius 1 is 1.16 bits per heavy atom. The van der Waals surface area contributed by atoms with Crippen LogP contribution in [-0.2, 0) is 16.1 Å². The van der Waals surface area contributed by atoms with Crippen molar-refractivity contribution in [3.8, 4) is 0 Å². The Balaban J connectivity index is 1.33. The van der Waals surface area contributed by atoms with E-state index in [1.807, 2.05) is 4.90 Å². The lowest BCUT2D eigenvalue weighted by atomic mass is 9.77. The Labute approximate surface area is 147 Å². The quantitative estimate of drug-likeness (QED) is 0.822. The van der Waals surface area contributed by atoms with Crippen LogP contribution in [0.3, 0.4) is 0 Å². The molecule has 2 amide bonds. The van der Waals surface area contributed by atoms with Crippen molar-refractivity contribution in [2.24, 2.45) is 11.3 Å². The Hall–Kier alpha value is -2.11. The highest BCUT2D eigenvalue weighted by molar-refractivity contribution is 5.80. The van der Waals surface area contributed by atoms with Crippen LogP contribution in [0.5, 0.6) is 0 Å². The molecule has 6 nitrogen and oxygen atoms in total. The predicted octanol–water partition coefficient (Wildman–Crippen LogP) is 1.10. The second-order valence-electron chi connectivity index (χ2n) is 7.94. The lowest BCUT2D eigenvalue weighted by Gasteiger charge is -2.39. The van der Waals surface area contributed by atoms with Gasteiger partial charge in [-0.15, -0.1) is 0 Å². The molecule has 4 rings (SSSR count). The van der Waals surface area contributed by atoms with Gasteiger partial charge in [0, 0.05) is 50.3 Å². The van der Waals surface area contributed by atoms with E-state index in [0.717, 1.165) is 31.8 Å². The number of likely N-dealkylation sites (tertiary alicyclic amines) is 2. The van der Waals surface area contributed by atoms with Crippen molar-refractivity contribution in [1.82, 2.24) is 14.4 Å². The predicted molar refractivity (Wildman–Crippen MR) is 92.9 cm³/mol. The SMILES string of the molecule is O=C(Cn1ccccc1=O)N1CCC2(CC1)CC(=O)N(CC1CC1)C2. The van der Waals surface area contributed by atoms with Gasteiger partial charge in [-0.2, -0.15) is 0 Å². The molecule has 134 valence electrons. The number of nitrogens with zero attached hydrogens (tertiary/aromatic N) is 3. The van der Waals surface area contributed by atoms with E-state index in [1.54, 1.807) is 18.3 Å². The summed E-state index contributed by atoms with van der Waals surface area (Å²) in [6, 6.07) is 4.91. The van der Waals surface area contributed by atoms with Gasteiger partial charge in [0.1, 0.15) is 6.54 Å². The lowest BCUT2D eigenvalue weighted by molar-refractivity contribution is -0.134. The summed E-state index contributed by atoms with van der Waals surface area (Å²) < 4.78 is 1.45. The molecule has 6 heteroatoms. The van der Waals surface area contributed by atoms with Gasteiger partial charge < -0.3 is 14.4 Å². The fourth-order valence-electron chi connectivity index (χ4n) is 4.16. The molecular formula is C19H25N3O3. The third kappa shape index (κ3) is 3.48. The highest BCUT2D eigenvalue weighted by Crippen LogP contribution is 2.42. The van der Waals surface area contributed by atoms with Gasteiger partial charge in [-0.1, -0.05) is 6.07 Å². The van der Waals surface area contributed by atoms with Gasteiger partial charge in [0.25, 0.3) is 5.56 Å². The van der Waals surface area contributed by atoms with Crippen LogP contribution in [0.25, 0.3) is 0 Å². The average Bonchev–Trinajstić information content (AvgIpc) is 3.35. The van der Waals surface area contributed by atoms with E-state index in [0.29, 0.717) is 25.4 Å². The van der Waals surface area contributed by atoms with Crippen LogP contribution in [0.2, 0.25) is 0 Å². The van der Waals surface area contributed by atoms with Crippen LogP contribution >= 0.6 is 0 Å². The highest BCUT2D eigenvalue weighted by atomic mass is 16.2. The van der Waals surface area contributed by atoms with Crippen LogP contribution in [-0.4, -0.2) is 52.4 Å². The lowest BCUT2D eigenvalue weighted by Crippen LogP contribution is -2.46. The number of hydrogen-bond donors (Lipinski definition) is 0. The summed E-state index contributed by atoms with van der Waals surface area (Å²) in [6.45, 7) is 3.26. The Kier molecular flexibility index (Phi) is 4.13. The van der Waals surface area contributed by atoms with Crippen molar-refractivity contribution in [3.05, 3.63) is 34.7 Å². The third-order valence-electron chi connectivity index (χ3n) is 5.96. The van der Waals surface area contributed by atoms with Crippen molar-refractivity contribution in [1.29, 1.82) is 0 Å². The highest BCUT2D eigenvalue weighted by Gasteiger charge is 2.46. The smallest absolute Gasteiger partial charge is 0.250 e. The number of carbonyl (C=O) groups is 2. The molecule has 2 aliphatic heterocycles. The van der Waals surface area contributed by atoms with Crippen LogP contribution in [0.15, 0.2) is 29.2 Å². The minimum atomic E-state index is -0.151. The minimum Gasteiger partial charge on any atom is -0.342 e. The molecule has 1 aromatic heterocycles. The topological polar surface area (TPSA) is 62.6 Å². The molecule has 3 heterocycles. The number of piperidine rings is 1. The third-order valence-corrected chi connectivity index (χ3v) is 5.96. The zero-order valence-corrected chi connectivity index (χ0v) is 14.5. The van der Waals surface area contributed by atoms with Crippen LogP contribution in [0.1, 0.15) is 32.1 Å². The summed E-state index contributed by atoms with van der Waals surface area (Å²) in [7, 11) is 0. The Bertz CT molecular complexity index is 729. The molecule has 0 N–H and O–H groups in total. The Morgan fingerprint density at radius 2 is 1.92 bits per heavy atom. The van der Waals surface area contributed by atoms with Gasteiger partial charge in [0.05, 0.1) is 0 Å². The number of carbonyl (C=O) groups excluding carboxylic acids is 2. The molecule has 3 aliphatic rings. The van der Waals surface area contributed by atoms with Crippen LogP contribution < -0.4 is 5.56 Å². The maximum atomic E-state index is 12.5. The number of rotatable bonds is 4. The summed E-state index contributed by atoms with van der Waals surface area (Å²) in [4.78, 5) is 40.5. The largest absolute Gasteiger partial charge is 0.342 e. The number of pyridine rings is 1. The van der Waals surface area contributed by atoms with Crippen molar-refractivity contribution < 1.29 is 9.59 Å². The first kappa shape index (κ1) is 16.4. The van der Waals surface area contributed by atoms with Gasteiger partial charge in [0.2, 0.25) is 11.8 Å². The van der Waals surface area contributed by atoms with E-state index in [9.17, 15) is 14.4 Å². The standard InChI is InChI=1S/C19H25N3O3/c23-16-3-1-2-8-21(16)13-18(25)20-9-6-19(7-10-20)11-17(24)22(14-19)12-15-4-5-15/h1-3,8,15H,4-7,9-14H2. The second kappa shape index (κ2) is 6.32. The van der Waals surface area contributed by atoms with E-state index >= 15 is 0 Å². The van der Waals surface area contributed by atoms with Gasteiger partial charge in [-0.05, 0) is 37.7 Å². The molecule has 1 aliphatic carbocycles. The zero-order chi connectivity index (χ0) is 17.4. The maximum Gasteiger partial charge on any atom is 0.250 e. The fraction of sp³-hybridized carbons (Fsp3) is 0.632. The molecule has 1 aromatic rings. The van der Waals surface area contributed by atoms with E-state index in [1.165, 1.54) is 23.5 Å². The van der Waals surface area contributed by atoms with Gasteiger partial charge in [0.15, 0.2) is 0 Å². The molecule has 3 fully saturated rings. The molecule has 0 unspecified atom stereocenters. The maximum absolute atomic E-state index is 12.5. The molecule has 0 aromatic carbocycles. The van der Waals surface area contributed by atoms with Crippen molar-refractivity contribution in [2.45, 2.75) is 38.6 Å². The number of amides is 2. The van der Waals surface area contributed by atoms with E-state index in [-0.39, 0.29) is 23.4 Å². The molecular weight excluding hydrogens is 318 g/mol. The monoisotopic (exact) mass is 343 g/mol. The molecule has 1 spiro atoms. The summed E-state index contributed by atoms with van der Waals surface area (Å²) >= 11 is 0. The zero-order valence-electron chi connectivity index (χ0n) is 14.5. The average molecular weight is 343 g/mol. The van der Waals surface area contributed by atoms with Crippen molar-refractivity contribution in [3.63, 3.8) is 0 Å². The van der Waals surface area contributed by atoms with Crippen molar-refractivity contribution >= 4 is 11.8 Å². The van der Waals surface area contributed by atoms with E-state index in [4.69, 9.17) is 0 Å². The number of hydrogen-bond acceptors (Lipinski definition) is 3. The van der Waals surface area contributed by atoms with Gasteiger partial charge >= 0.3 is 0 Å². The summed E-state index contributed by atoms with van der Waals surface area (Å²) in [5, 5.41) is 0. The Morgan fingerprint density at radius 3 is 2.60 bits per heavy atom. The fourth-order valence-corrected chi connectivity index (χ4v) is 4.16. The van der Waals surface area contributed by atoms with Crippen LogP contribution in [0, 0.1) is 11.3 Å². The normalized spacial score (nSPS) is 22.6. The molecule has 2 saturated heterocycles. The first-order valence-electron chi connectivity index (χ1n) is 9.26. The number of aromatic nitrogens is 1. The molecule has 25 heavy (non-hydrogen) atoms. The summed E-state index contributed by atoms with van der Waals surface area (Å²) in [5.74, 6) is 1.01. The van der Waals surface area contributed by atoms with E-state index in [2.05, 4.69) is 4.90 Å². The molecule has 0 radical (unpaired) electrons.